The lowest BCUT2D eigenvalue weighted by Crippen LogP contribution is -2.16. The first-order valence-electron chi connectivity index (χ1n) is 24.3. The highest BCUT2D eigenvalue weighted by molar-refractivity contribution is 6.24. The maximum Gasteiger partial charge on any atom is 0.144 e. The Hall–Kier alpha value is -8.60. The number of hydrogen-bond donors (Lipinski definition) is 0. The number of nitrogens with zero attached hydrogens (tertiary/aromatic N) is 1. The molecule has 4 heteroatoms. The Morgan fingerprint density at radius 2 is 0.843 bits per heavy atom. The molecular formula is C66H45NO3. The van der Waals surface area contributed by atoms with E-state index in [1.807, 2.05) is 18.2 Å². The van der Waals surface area contributed by atoms with Crippen LogP contribution < -0.4 is 4.90 Å². The number of hydrogen-bond acceptors (Lipinski definition) is 4. The fourth-order valence-corrected chi connectivity index (χ4v) is 12.4. The fraction of sp³-hybridized carbons (Fsp3) is 0.0909. The molecule has 70 heavy (non-hydrogen) atoms. The lowest BCUT2D eigenvalue weighted by atomic mass is 9.81. The highest BCUT2D eigenvalue weighted by atomic mass is 16.3. The van der Waals surface area contributed by atoms with Crippen LogP contribution in [0.2, 0.25) is 0 Å². The summed E-state index contributed by atoms with van der Waals surface area (Å²) in [6.07, 6.45) is 0. The van der Waals surface area contributed by atoms with E-state index in [0.717, 1.165) is 105 Å². The SMILES string of the molecule is CC1(C)c2ccccc2-c2ccc(-c3c4oc5cc(N(c6ccc(-c7cccc8c7oc7ccccc78)cc6)c6ccc7c(c6)C(C)(C)c6ccccc6-7)ccc5c4cc4oc5ccccc5c34)cc21. The van der Waals surface area contributed by atoms with E-state index in [1.54, 1.807) is 0 Å². The Balaban J connectivity index is 0.926. The summed E-state index contributed by atoms with van der Waals surface area (Å²) >= 11 is 0. The Labute approximate surface area is 404 Å². The molecular weight excluding hydrogens is 855 g/mol. The number of furan rings is 3. The smallest absolute Gasteiger partial charge is 0.144 e. The number of rotatable bonds is 5. The minimum Gasteiger partial charge on any atom is -0.456 e. The van der Waals surface area contributed by atoms with Crippen molar-refractivity contribution >= 4 is 82.9 Å². The summed E-state index contributed by atoms with van der Waals surface area (Å²) in [5, 5.41) is 6.45. The minimum absolute atomic E-state index is 0.159. The van der Waals surface area contributed by atoms with Crippen molar-refractivity contribution in [3.63, 3.8) is 0 Å². The van der Waals surface area contributed by atoms with Crippen molar-refractivity contribution in [1.29, 1.82) is 0 Å². The third-order valence-electron chi connectivity index (χ3n) is 15.9. The normalized spacial score (nSPS) is 14.2. The molecule has 3 heterocycles. The fourth-order valence-electron chi connectivity index (χ4n) is 12.4. The first-order valence-corrected chi connectivity index (χ1v) is 24.3. The molecule has 2 aliphatic carbocycles. The van der Waals surface area contributed by atoms with Crippen molar-refractivity contribution in [3.05, 3.63) is 222 Å². The second kappa shape index (κ2) is 14.0. The predicted octanol–water partition coefficient (Wildman–Crippen LogP) is 18.8. The monoisotopic (exact) mass is 899 g/mol. The third kappa shape index (κ3) is 5.36. The van der Waals surface area contributed by atoms with Gasteiger partial charge in [-0.2, -0.15) is 0 Å². The molecule has 332 valence electrons. The zero-order valence-corrected chi connectivity index (χ0v) is 39.2. The van der Waals surface area contributed by atoms with E-state index in [-0.39, 0.29) is 10.8 Å². The van der Waals surface area contributed by atoms with Crippen LogP contribution in [0.5, 0.6) is 0 Å². The van der Waals surface area contributed by atoms with Gasteiger partial charge in [-0.1, -0.05) is 161 Å². The molecule has 4 nitrogen and oxygen atoms in total. The van der Waals surface area contributed by atoms with Gasteiger partial charge < -0.3 is 18.2 Å². The van der Waals surface area contributed by atoms with Crippen LogP contribution in [-0.2, 0) is 10.8 Å². The molecule has 3 aromatic heterocycles. The molecule has 0 amide bonds. The van der Waals surface area contributed by atoms with E-state index in [4.69, 9.17) is 13.3 Å². The van der Waals surface area contributed by atoms with E-state index in [2.05, 4.69) is 215 Å². The van der Waals surface area contributed by atoms with Crippen LogP contribution in [-0.4, -0.2) is 0 Å². The average molecular weight is 900 g/mol. The van der Waals surface area contributed by atoms with Gasteiger partial charge in [0, 0.05) is 77.4 Å². The quantitative estimate of drug-likeness (QED) is 0.173. The molecule has 0 N–H and O–H groups in total. The molecule has 0 aliphatic heterocycles. The molecule has 13 aromatic rings. The molecule has 0 bridgehead atoms. The summed E-state index contributed by atoms with van der Waals surface area (Å²) in [6, 6.07) is 72.5. The van der Waals surface area contributed by atoms with Crippen LogP contribution in [0.4, 0.5) is 17.1 Å². The summed E-state index contributed by atoms with van der Waals surface area (Å²) in [7, 11) is 0. The predicted molar refractivity (Wildman–Crippen MR) is 289 cm³/mol. The topological polar surface area (TPSA) is 42.7 Å². The van der Waals surface area contributed by atoms with Gasteiger partial charge >= 0.3 is 0 Å². The van der Waals surface area contributed by atoms with Gasteiger partial charge in [0.15, 0.2) is 0 Å². The molecule has 0 spiro atoms. The summed E-state index contributed by atoms with van der Waals surface area (Å²) < 4.78 is 20.5. The van der Waals surface area contributed by atoms with Crippen molar-refractivity contribution in [3.8, 4) is 44.5 Å². The third-order valence-corrected chi connectivity index (χ3v) is 15.9. The molecule has 2 aliphatic rings. The van der Waals surface area contributed by atoms with Crippen LogP contribution in [0, 0.1) is 0 Å². The second-order valence-electron chi connectivity index (χ2n) is 20.4. The van der Waals surface area contributed by atoms with E-state index in [0.29, 0.717) is 0 Å². The Bertz CT molecular complexity index is 4360. The van der Waals surface area contributed by atoms with E-state index in [1.165, 1.54) is 44.5 Å². The van der Waals surface area contributed by atoms with Gasteiger partial charge in [0.05, 0.1) is 0 Å². The minimum atomic E-state index is -0.168. The summed E-state index contributed by atoms with van der Waals surface area (Å²) in [4.78, 5) is 2.37. The summed E-state index contributed by atoms with van der Waals surface area (Å²) in [5.74, 6) is 0. The van der Waals surface area contributed by atoms with Gasteiger partial charge in [-0.25, -0.2) is 0 Å². The molecule has 15 rings (SSSR count). The first-order chi connectivity index (χ1) is 34.2. The van der Waals surface area contributed by atoms with E-state index in [9.17, 15) is 0 Å². The number of anilines is 3. The van der Waals surface area contributed by atoms with Gasteiger partial charge in [0.1, 0.15) is 33.5 Å². The number of benzene rings is 10. The Morgan fingerprint density at radius 1 is 0.314 bits per heavy atom. The molecule has 0 atom stereocenters. The number of para-hydroxylation sites is 3. The van der Waals surface area contributed by atoms with Crippen LogP contribution in [0.3, 0.4) is 0 Å². The highest BCUT2D eigenvalue weighted by Gasteiger charge is 2.37. The van der Waals surface area contributed by atoms with Gasteiger partial charge in [0.2, 0.25) is 0 Å². The van der Waals surface area contributed by atoms with Crippen LogP contribution in [0.1, 0.15) is 49.9 Å². The molecule has 0 unspecified atom stereocenters. The number of fused-ring (bicyclic) bond motifs is 15. The van der Waals surface area contributed by atoms with Gasteiger partial charge in [-0.3, -0.25) is 0 Å². The standard InChI is InChI=1S/C66H45NO3/c1-65(2)53-20-9-5-14-44(53)46-31-26-39(34-55(46)65)61-62-51-17-8-12-23-58(51)68-60(62)37-52-49-33-30-42(36-59(49)70-64(52)61)67(41-29-32-47-45-15-6-10-21-54(45)66(3,4)56(47)35-41)40-27-24-38(25-28-40)43-18-13-19-50-48-16-7-11-22-57(48)69-63(43)50/h5-37H,1-4H3. The maximum atomic E-state index is 7.27. The van der Waals surface area contributed by atoms with Crippen LogP contribution in [0.25, 0.3) is 110 Å². The highest BCUT2D eigenvalue weighted by Crippen LogP contribution is 2.54. The maximum absolute atomic E-state index is 7.27. The molecule has 0 fully saturated rings. The molecule has 0 saturated heterocycles. The van der Waals surface area contributed by atoms with Crippen LogP contribution >= 0.6 is 0 Å². The van der Waals surface area contributed by atoms with Gasteiger partial charge in [-0.15, -0.1) is 0 Å². The van der Waals surface area contributed by atoms with Crippen molar-refractivity contribution in [2.75, 3.05) is 4.90 Å². The van der Waals surface area contributed by atoms with E-state index >= 15 is 0 Å². The van der Waals surface area contributed by atoms with Gasteiger partial charge in [-0.05, 0) is 116 Å². The Morgan fingerprint density at radius 3 is 1.60 bits per heavy atom. The lowest BCUT2D eigenvalue weighted by molar-refractivity contribution is 0.660. The van der Waals surface area contributed by atoms with Crippen LogP contribution in [0.15, 0.2) is 213 Å². The molecule has 10 aromatic carbocycles. The van der Waals surface area contributed by atoms with Crippen molar-refractivity contribution < 1.29 is 13.3 Å². The summed E-state index contributed by atoms with van der Waals surface area (Å²) in [5.41, 5.74) is 22.8. The average Bonchev–Trinajstić information content (AvgIpc) is 4.17. The molecule has 0 radical (unpaired) electrons. The van der Waals surface area contributed by atoms with Crippen molar-refractivity contribution in [2.24, 2.45) is 0 Å². The van der Waals surface area contributed by atoms with Gasteiger partial charge in [0.25, 0.3) is 0 Å². The largest absolute Gasteiger partial charge is 0.456 e. The second-order valence-corrected chi connectivity index (χ2v) is 20.4. The Kier molecular flexibility index (Phi) is 7.88. The first kappa shape index (κ1) is 39.4. The van der Waals surface area contributed by atoms with Crippen molar-refractivity contribution in [2.45, 2.75) is 38.5 Å². The zero-order chi connectivity index (χ0) is 46.6. The summed E-state index contributed by atoms with van der Waals surface area (Å²) in [6.45, 7) is 9.37. The zero-order valence-electron chi connectivity index (χ0n) is 39.2. The lowest BCUT2D eigenvalue weighted by Gasteiger charge is -2.28. The van der Waals surface area contributed by atoms with E-state index < -0.39 is 0 Å². The van der Waals surface area contributed by atoms with Crippen molar-refractivity contribution in [1.82, 2.24) is 0 Å². The molecule has 0 saturated carbocycles.